The fourth-order valence-electron chi connectivity index (χ4n) is 4.24. The molecule has 1 aliphatic rings. The van der Waals surface area contributed by atoms with Gasteiger partial charge in [0.25, 0.3) is 0 Å². The lowest BCUT2D eigenvalue weighted by Crippen LogP contribution is -2.53. The van der Waals surface area contributed by atoms with Gasteiger partial charge in [0.15, 0.2) is 11.5 Å². The minimum Gasteiger partial charge on any atom is -0.493 e. The number of piperidine rings is 1. The Morgan fingerprint density at radius 1 is 1.18 bits per heavy atom. The van der Waals surface area contributed by atoms with Crippen molar-refractivity contribution in [1.82, 2.24) is 9.97 Å². The summed E-state index contributed by atoms with van der Waals surface area (Å²) in [5.41, 5.74) is 1.79. The van der Waals surface area contributed by atoms with Gasteiger partial charge < -0.3 is 19.3 Å². The second kappa shape index (κ2) is 10.8. The predicted octanol–water partition coefficient (Wildman–Crippen LogP) is 4.45. The predicted molar refractivity (Wildman–Crippen MR) is 129 cm³/mol. The number of aromatic nitrogens is 2. The number of benzene rings is 1. The lowest BCUT2D eigenvalue weighted by Gasteiger charge is -2.41. The van der Waals surface area contributed by atoms with Crippen LogP contribution in [0.5, 0.6) is 11.5 Å². The monoisotopic (exact) mass is 450 g/mol. The number of hydrogen-bond acceptors (Lipinski definition) is 6. The van der Waals surface area contributed by atoms with Gasteiger partial charge in [-0.25, -0.2) is 9.97 Å². The van der Waals surface area contributed by atoms with Crippen molar-refractivity contribution >= 4 is 5.82 Å². The molecule has 3 rings (SSSR count). The molecule has 7 nitrogen and oxygen atoms in total. The Kier molecular flexibility index (Phi) is 8.15. The summed E-state index contributed by atoms with van der Waals surface area (Å²) >= 11 is 0. The van der Waals surface area contributed by atoms with Gasteiger partial charge in [-0.2, -0.15) is 5.26 Å². The molecular formula is C26H36N5O2+. The summed E-state index contributed by atoms with van der Waals surface area (Å²) in [7, 11) is 1.63. The zero-order chi connectivity index (χ0) is 23.9. The highest BCUT2D eigenvalue weighted by Gasteiger charge is 2.32. The Hall–Kier alpha value is -2.85. The minimum absolute atomic E-state index is 0.0941. The Balaban J connectivity index is 1.78. The highest BCUT2D eigenvalue weighted by atomic mass is 16.5. The fourth-order valence-corrected chi connectivity index (χ4v) is 4.24. The zero-order valence-corrected chi connectivity index (χ0v) is 20.4. The van der Waals surface area contributed by atoms with Crippen LogP contribution >= 0.6 is 0 Å². The molecule has 1 saturated heterocycles. The average molecular weight is 451 g/mol. The van der Waals surface area contributed by atoms with E-state index in [9.17, 15) is 5.26 Å². The molecule has 176 valence electrons. The fraction of sp³-hybridized carbons (Fsp3) is 0.538. The topological polar surface area (TPSA) is 80.1 Å². The molecule has 0 atom stereocenters. The number of likely N-dealkylation sites (tertiary alicyclic amines) is 1. The van der Waals surface area contributed by atoms with Crippen molar-refractivity contribution in [3.63, 3.8) is 0 Å². The molecule has 2 aromatic rings. The van der Waals surface area contributed by atoms with E-state index in [1.54, 1.807) is 13.2 Å². The molecule has 0 spiro atoms. The molecular weight excluding hydrogens is 414 g/mol. The van der Waals surface area contributed by atoms with Gasteiger partial charge in [0.05, 0.1) is 25.8 Å². The second-order valence-corrected chi connectivity index (χ2v) is 10.1. The first-order valence-electron chi connectivity index (χ1n) is 11.6. The van der Waals surface area contributed by atoms with E-state index in [1.165, 1.54) is 19.3 Å². The third kappa shape index (κ3) is 7.06. The van der Waals surface area contributed by atoms with Crippen molar-refractivity contribution in [1.29, 1.82) is 5.26 Å². The summed E-state index contributed by atoms with van der Waals surface area (Å²) in [6, 6.07) is 7.51. The van der Waals surface area contributed by atoms with Gasteiger partial charge in [-0.1, -0.05) is 26.8 Å². The summed E-state index contributed by atoms with van der Waals surface area (Å²) in [5.74, 6) is 2.31. The molecule has 2 heterocycles. The SMILES string of the molecule is [CH]c1ccc(OC)c(OCC[N+]2(Cc3cnc(C#N)nc3NCC(C)(C)C)CCCCC2)c1. The maximum absolute atomic E-state index is 9.30. The molecule has 1 aromatic carbocycles. The summed E-state index contributed by atoms with van der Waals surface area (Å²) < 4.78 is 12.4. The Labute approximate surface area is 198 Å². The average Bonchev–Trinajstić information content (AvgIpc) is 2.78. The number of ether oxygens (including phenoxy) is 2. The van der Waals surface area contributed by atoms with Crippen LogP contribution in [-0.4, -0.2) is 54.3 Å². The van der Waals surface area contributed by atoms with Gasteiger partial charge in [0.1, 0.15) is 31.6 Å². The van der Waals surface area contributed by atoms with Crippen molar-refractivity contribution < 1.29 is 14.0 Å². The standard InChI is InChI=1S/C26H36N5O2/c1-20-9-10-22(32-5)23(15-20)33-14-13-31(11-7-6-8-12-31)18-21-17-28-24(16-27)30-25(21)29-19-26(2,3)4/h1,9-10,15,17H,6-8,11-14,18-19H2,2-5H3,(H,28,29,30)/q+1. The van der Waals surface area contributed by atoms with Gasteiger partial charge in [0.2, 0.25) is 5.82 Å². The largest absolute Gasteiger partial charge is 0.493 e. The summed E-state index contributed by atoms with van der Waals surface area (Å²) in [6.45, 7) is 17.6. The Morgan fingerprint density at radius 2 is 1.94 bits per heavy atom. The van der Waals surface area contributed by atoms with E-state index in [4.69, 9.17) is 16.4 Å². The molecule has 0 amide bonds. The smallest absolute Gasteiger partial charge is 0.234 e. The number of anilines is 1. The van der Waals surface area contributed by atoms with Gasteiger partial charge in [-0.05, 0) is 49.3 Å². The van der Waals surface area contributed by atoms with E-state index >= 15 is 0 Å². The quantitative estimate of drug-likeness (QED) is 0.569. The van der Waals surface area contributed by atoms with Crippen LogP contribution < -0.4 is 14.8 Å². The number of quaternary nitrogens is 1. The molecule has 33 heavy (non-hydrogen) atoms. The van der Waals surface area contributed by atoms with Crippen molar-refractivity contribution in [2.75, 3.05) is 45.2 Å². The molecule has 0 aliphatic carbocycles. The number of hydrogen-bond donors (Lipinski definition) is 1. The number of nitriles is 1. The van der Waals surface area contributed by atoms with E-state index in [2.05, 4.69) is 42.1 Å². The van der Waals surface area contributed by atoms with E-state index in [1.807, 2.05) is 18.3 Å². The molecule has 1 fully saturated rings. The summed E-state index contributed by atoms with van der Waals surface area (Å²) in [5, 5.41) is 12.8. The van der Waals surface area contributed by atoms with E-state index in [-0.39, 0.29) is 11.2 Å². The molecule has 7 heteroatoms. The molecule has 2 radical (unpaired) electrons. The first-order valence-corrected chi connectivity index (χ1v) is 11.6. The van der Waals surface area contributed by atoms with Gasteiger partial charge in [-0.15, -0.1) is 0 Å². The van der Waals surface area contributed by atoms with E-state index in [0.717, 1.165) is 48.6 Å². The maximum atomic E-state index is 9.30. The highest BCUT2D eigenvalue weighted by Crippen LogP contribution is 2.29. The minimum atomic E-state index is 0.0941. The maximum Gasteiger partial charge on any atom is 0.234 e. The van der Waals surface area contributed by atoms with Crippen LogP contribution in [-0.2, 0) is 6.54 Å². The second-order valence-electron chi connectivity index (χ2n) is 10.1. The van der Waals surface area contributed by atoms with E-state index in [0.29, 0.717) is 23.7 Å². The molecule has 1 aromatic heterocycles. The van der Waals surface area contributed by atoms with Crippen LogP contribution in [0.2, 0.25) is 0 Å². The third-order valence-electron chi connectivity index (χ3n) is 6.03. The number of nitrogens with one attached hydrogen (secondary N) is 1. The molecule has 1 aliphatic heterocycles. The first-order chi connectivity index (χ1) is 15.7. The van der Waals surface area contributed by atoms with Crippen molar-refractivity contribution in [3.05, 3.63) is 48.3 Å². The lowest BCUT2D eigenvalue weighted by molar-refractivity contribution is -0.945. The van der Waals surface area contributed by atoms with Crippen LogP contribution in [0.4, 0.5) is 5.82 Å². The zero-order valence-electron chi connectivity index (χ0n) is 20.4. The summed E-state index contributed by atoms with van der Waals surface area (Å²) in [6.07, 6.45) is 5.43. The van der Waals surface area contributed by atoms with Crippen molar-refractivity contribution in [3.8, 4) is 17.6 Å². The van der Waals surface area contributed by atoms with Crippen molar-refractivity contribution in [2.45, 2.75) is 46.6 Å². The molecule has 0 saturated carbocycles. The molecule has 1 N–H and O–H groups in total. The van der Waals surface area contributed by atoms with Crippen LogP contribution in [0.15, 0.2) is 24.4 Å². The van der Waals surface area contributed by atoms with Crippen LogP contribution in [0.25, 0.3) is 0 Å². The van der Waals surface area contributed by atoms with Crippen LogP contribution in [0.1, 0.15) is 57.0 Å². The highest BCUT2D eigenvalue weighted by molar-refractivity contribution is 5.44. The lowest BCUT2D eigenvalue weighted by atomic mass is 9.97. The van der Waals surface area contributed by atoms with Crippen LogP contribution in [0.3, 0.4) is 0 Å². The van der Waals surface area contributed by atoms with E-state index < -0.39 is 0 Å². The van der Waals surface area contributed by atoms with Crippen molar-refractivity contribution in [2.24, 2.45) is 5.41 Å². The number of rotatable bonds is 9. The molecule has 0 bridgehead atoms. The Morgan fingerprint density at radius 3 is 2.61 bits per heavy atom. The third-order valence-corrected chi connectivity index (χ3v) is 6.03. The number of nitrogens with zero attached hydrogens (tertiary/aromatic N) is 4. The normalized spacial score (nSPS) is 15.5. The summed E-state index contributed by atoms with van der Waals surface area (Å²) in [4.78, 5) is 8.77. The van der Waals surface area contributed by atoms with Gasteiger partial charge in [-0.3, -0.25) is 0 Å². The number of methoxy groups -OCH3 is 1. The Bertz CT molecular complexity index is 972. The van der Waals surface area contributed by atoms with Gasteiger partial charge >= 0.3 is 0 Å². The first kappa shape index (κ1) is 24.8. The van der Waals surface area contributed by atoms with Crippen LogP contribution in [0, 0.1) is 23.7 Å². The molecule has 0 unspecified atom stereocenters. The van der Waals surface area contributed by atoms with Gasteiger partial charge in [0, 0.05) is 12.7 Å².